The van der Waals surface area contributed by atoms with Crippen LogP contribution >= 0.6 is 11.8 Å². The lowest BCUT2D eigenvalue weighted by molar-refractivity contribution is -0.117. The number of amides is 1. The highest BCUT2D eigenvalue weighted by Crippen LogP contribution is 2.35. The third-order valence-corrected chi connectivity index (χ3v) is 7.17. The van der Waals surface area contributed by atoms with Crippen molar-refractivity contribution in [3.63, 3.8) is 0 Å². The second-order valence-electron chi connectivity index (χ2n) is 8.73. The Balaban J connectivity index is 1.53. The van der Waals surface area contributed by atoms with Crippen LogP contribution in [0.2, 0.25) is 0 Å². The van der Waals surface area contributed by atoms with Crippen LogP contribution in [0.3, 0.4) is 0 Å². The minimum atomic E-state index is -0.318. The number of rotatable bonds is 6. The molecule has 1 aliphatic heterocycles. The smallest absolute Gasteiger partial charge is 0.240 e. The maximum Gasteiger partial charge on any atom is 0.240 e. The molecule has 0 saturated carbocycles. The summed E-state index contributed by atoms with van der Waals surface area (Å²) in [7, 11) is 0. The molecule has 6 nitrogen and oxygen atoms in total. The molecule has 0 N–H and O–H groups in total. The molecule has 1 unspecified atom stereocenters. The van der Waals surface area contributed by atoms with E-state index in [1.165, 1.54) is 22.9 Å². The van der Waals surface area contributed by atoms with Gasteiger partial charge in [-0.15, -0.1) is 10.2 Å². The molecule has 0 bridgehead atoms. The van der Waals surface area contributed by atoms with Crippen molar-refractivity contribution >= 4 is 23.4 Å². The first-order valence-electron chi connectivity index (χ1n) is 11.6. The van der Waals surface area contributed by atoms with Crippen LogP contribution in [0.4, 0.5) is 5.69 Å². The Morgan fingerprint density at radius 3 is 2.47 bits per heavy atom. The molecule has 3 heterocycles. The zero-order valence-electron chi connectivity index (χ0n) is 19.5. The second-order valence-corrected chi connectivity index (χ2v) is 10.0. The van der Waals surface area contributed by atoms with Crippen LogP contribution < -0.4 is 4.90 Å². The lowest BCUT2D eigenvalue weighted by Crippen LogP contribution is -2.35. The minimum absolute atomic E-state index is 0.0876. The Morgan fingerprint density at radius 1 is 0.941 bits per heavy atom. The number of thioether (sulfide) groups is 1. The van der Waals surface area contributed by atoms with E-state index >= 15 is 0 Å². The third kappa shape index (κ3) is 4.12. The Kier molecular flexibility index (Phi) is 6.20. The van der Waals surface area contributed by atoms with Crippen LogP contribution in [0.1, 0.15) is 37.8 Å². The minimum Gasteiger partial charge on any atom is -0.311 e. The molecule has 172 valence electrons. The number of pyridine rings is 1. The van der Waals surface area contributed by atoms with Gasteiger partial charge < -0.3 is 4.90 Å². The van der Waals surface area contributed by atoms with Crippen molar-refractivity contribution in [1.82, 2.24) is 19.7 Å². The lowest BCUT2D eigenvalue weighted by atomic mass is 10.0. The van der Waals surface area contributed by atoms with Crippen molar-refractivity contribution in [2.75, 3.05) is 11.4 Å². The summed E-state index contributed by atoms with van der Waals surface area (Å²) in [5.41, 5.74) is 5.34. The van der Waals surface area contributed by atoms with Crippen LogP contribution in [-0.4, -0.2) is 37.5 Å². The molecule has 0 aliphatic carbocycles. The second kappa shape index (κ2) is 9.43. The van der Waals surface area contributed by atoms with E-state index in [0.717, 1.165) is 29.2 Å². The van der Waals surface area contributed by atoms with Crippen molar-refractivity contribution < 1.29 is 4.79 Å². The molecule has 5 rings (SSSR count). The molecule has 34 heavy (non-hydrogen) atoms. The van der Waals surface area contributed by atoms with E-state index < -0.39 is 0 Å². The highest BCUT2D eigenvalue weighted by atomic mass is 32.2. The summed E-state index contributed by atoms with van der Waals surface area (Å²) in [5.74, 6) is 1.12. The fourth-order valence-corrected chi connectivity index (χ4v) is 5.34. The number of carbonyl (C=O) groups excluding carboxylic acids is 1. The number of para-hydroxylation sites is 2. The van der Waals surface area contributed by atoms with Crippen LogP contribution in [0.25, 0.3) is 17.1 Å². The molecule has 0 saturated heterocycles. The highest BCUT2D eigenvalue weighted by Gasteiger charge is 2.30. The molecule has 0 radical (unpaired) electrons. The molecule has 0 fully saturated rings. The van der Waals surface area contributed by atoms with E-state index in [1.54, 1.807) is 12.4 Å². The lowest BCUT2D eigenvalue weighted by Gasteiger charge is -2.22. The summed E-state index contributed by atoms with van der Waals surface area (Å²) in [6, 6.07) is 20.3. The van der Waals surface area contributed by atoms with Gasteiger partial charge in [-0.3, -0.25) is 14.3 Å². The van der Waals surface area contributed by atoms with Gasteiger partial charge in [-0.25, -0.2) is 0 Å². The first-order chi connectivity index (χ1) is 16.5. The zero-order valence-corrected chi connectivity index (χ0v) is 20.4. The van der Waals surface area contributed by atoms with Crippen molar-refractivity contribution in [3.05, 3.63) is 84.2 Å². The average Bonchev–Trinajstić information content (AvgIpc) is 3.48. The number of hydrogen-bond acceptors (Lipinski definition) is 5. The summed E-state index contributed by atoms with van der Waals surface area (Å²) >= 11 is 1.45. The van der Waals surface area contributed by atoms with Crippen molar-refractivity contribution in [3.8, 4) is 17.1 Å². The van der Waals surface area contributed by atoms with E-state index in [4.69, 9.17) is 0 Å². The first-order valence-corrected chi connectivity index (χ1v) is 12.4. The quantitative estimate of drug-likeness (QED) is 0.348. The van der Waals surface area contributed by atoms with Gasteiger partial charge in [-0.2, -0.15) is 0 Å². The third-order valence-electron chi connectivity index (χ3n) is 6.14. The predicted molar refractivity (Wildman–Crippen MR) is 136 cm³/mol. The van der Waals surface area contributed by atoms with E-state index in [0.29, 0.717) is 17.6 Å². The SMILES string of the molecule is CC(Sc1nnc(-c2cccnc2)n1-c1ccccc1C(C)C)C(=O)N1CCc2ccccc21. The van der Waals surface area contributed by atoms with Gasteiger partial charge in [-0.1, -0.05) is 62.0 Å². The number of aromatic nitrogens is 4. The van der Waals surface area contributed by atoms with Crippen LogP contribution in [0, 0.1) is 0 Å². The molecule has 0 spiro atoms. The van der Waals surface area contributed by atoms with Gasteiger partial charge in [0.15, 0.2) is 11.0 Å². The van der Waals surface area contributed by atoms with E-state index in [1.807, 2.05) is 48.2 Å². The van der Waals surface area contributed by atoms with Gasteiger partial charge in [0.2, 0.25) is 5.91 Å². The molecular weight excluding hydrogens is 442 g/mol. The Labute approximate surface area is 204 Å². The number of fused-ring (bicyclic) bond motifs is 1. The zero-order chi connectivity index (χ0) is 23.7. The molecule has 2 aromatic carbocycles. The van der Waals surface area contributed by atoms with Gasteiger partial charge >= 0.3 is 0 Å². The molecule has 2 aromatic heterocycles. The van der Waals surface area contributed by atoms with Crippen LogP contribution in [-0.2, 0) is 11.2 Å². The van der Waals surface area contributed by atoms with Crippen LogP contribution in [0.15, 0.2) is 78.2 Å². The summed E-state index contributed by atoms with van der Waals surface area (Å²) in [6.45, 7) is 7.02. The van der Waals surface area contributed by atoms with Gasteiger partial charge in [0.1, 0.15) is 0 Å². The van der Waals surface area contributed by atoms with Crippen molar-refractivity contribution in [1.29, 1.82) is 0 Å². The van der Waals surface area contributed by atoms with Crippen molar-refractivity contribution in [2.45, 2.75) is 43.5 Å². The van der Waals surface area contributed by atoms with Gasteiger partial charge in [0, 0.05) is 30.2 Å². The topological polar surface area (TPSA) is 63.9 Å². The summed E-state index contributed by atoms with van der Waals surface area (Å²) in [6.07, 6.45) is 4.43. The summed E-state index contributed by atoms with van der Waals surface area (Å²) in [5, 5.41) is 9.45. The Bertz CT molecular complexity index is 1320. The summed E-state index contributed by atoms with van der Waals surface area (Å²) < 4.78 is 2.07. The monoisotopic (exact) mass is 469 g/mol. The Hall–Kier alpha value is -3.45. The molecule has 1 amide bonds. The molecule has 1 atom stereocenters. The van der Waals surface area contributed by atoms with Crippen LogP contribution in [0.5, 0.6) is 0 Å². The van der Waals surface area contributed by atoms with Crippen molar-refractivity contribution in [2.24, 2.45) is 0 Å². The number of anilines is 1. The maximum atomic E-state index is 13.4. The maximum absolute atomic E-state index is 13.4. The normalized spacial score (nSPS) is 13.8. The largest absolute Gasteiger partial charge is 0.311 e. The standard InChI is InChI=1S/C27H27N5OS/c1-18(2)22-11-5-7-13-24(22)32-25(21-10-8-15-28-17-21)29-30-27(32)34-19(3)26(33)31-16-14-20-9-4-6-12-23(20)31/h4-13,15,17-19H,14,16H2,1-3H3. The molecule has 4 aromatic rings. The fourth-order valence-electron chi connectivity index (χ4n) is 4.42. The Morgan fingerprint density at radius 2 is 1.71 bits per heavy atom. The van der Waals surface area contributed by atoms with Gasteiger partial charge in [0.25, 0.3) is 0 Å². The number of carbonyl (C=O) groups is 1. The first kappa shape index (κ1) is 22.3. The van der Waals surface area contributed by atoms with Gasteiger partial charge in [-0.05, 0) is 54.7 Å². The number of nitrogens with zero attached hydrogens (tertiary/aromatic N) is 5. The highest BCUT2D eigenvalue weighted by molar-refractivity contribution is 8.00. The molecule has 7 heteroatoms. The van der Waals surface area contributed by atoms with E-state index in [9.17, 15) is 4.79 Å². The fraction of sp³-hybridized carbons (Fsp3) is 0.259. The summed E-state index contributed by atoms with van der Waals surface area (Å²) in [4.78, 5) is 19.6. The van der Waals surface area contributed by atoms with E-state index in [2.05, 4.69) is 57.9 Å². The number of hydrogen-bond donors (Lipinski definition) is 0. The molecular formula is C27H27N5OS. The average molecular weight is 470 g/mol. The van der Waals surface area contributed by atoms with Gasteiger partial charge in [0.05, 0.1) is 10.9 Å². The number of benzene rings is 2. The molecule has 1 aliphatic rings. The predicted octanol–water partition coefficient (Wildman–Crippen LogP) is 5.52. The van der Waals surface area contributed by atoms with E-state index in [-0.39, 0.29) is 11.2 Å².